The number of hydrogen-bond acceptors (Lipinski definition) is 3. The van der Waals surface area contributed by atoms with Gasteiger partial charge >= 0.3 is 0 Å². The Morgan fingerprint density at radius 2 is 2.29 bits per heavy atom. The second kappa shape index (κ2) is 4.07. The van der Waals surface area contributed by atoms with Crippen molar-refractivity contribution in [2.75, 3.05) is 7.11 Å². The Morgan fingerprint density at radius 3 is 2.71 bits per heavy atom. The van der Waals surface area contributed by atoms with E-state index in [1.807, 2.05) is 0 Å². The van der Waals surface area contributed by atoms with Crippen molar-refractivity contribution in [3.8, 4) is 11.8 Å². The third-order valence-corrected chi connectivity index (χ3v) is 1.84. The van der Waals surface area contributed by atoms with E-state index in [1.165, 1.54) is 7.11 Å². The Morgan fingerprint density at radius 1 is 1.64 bits per heavy atom. The molecule has 0 spiro atoms. The van der Waals surface area contributed by atoms with Crippen LogP contribution in [0.5, 0.6) is 5.75 Å². The van der Waals surface area contributed by atoms with Gasteiger partial charge in [0, 0.05) is 0 Å². The van der Waals surface area contributed by atoms with Crippen molar-refractivity contribution in [1.82, 2.24) is 0 Å². The van der Waals surface area contributed by atoms with Crippen LogP contribution in [0.1, 0.15) is 15.9 Å². The van der Waals surface area contributed by atoms with E-state index in [9.17, 15) is 9.18 Å². The van der Waals surface area contributed by atoms with E-state index >= 15 is 0 Å². The van der Waals surface area contributed by atoms with E-state index in [0.29, 0.717) is 0 Å². The predicted molar refractivity (Wildman–Crippen MR) is 47.9 cm³/mol. The summed E-state index contributed by atoms with van der Waals surface area (Å²) in [6, 6.07) is 3.83. The van der Waals surface area contributed by atoms with E-state index in [0.717, 1.165) is 12.1 Å². The molecule has 0 saturated carbocycles. The highest BCUT2D eigenvalue weighted by atomic mass is 35.5. The third-order valence-electron chi connectivity index (χ3n) is 1.64. The van der Waals surface area contributed by atoms with E-state index in [1.54, 1.807) is 6.07 Å². The topological polar surface area (TPSA) is 50.1 Å². The molecule has 0 heterocycles. The molecule has 0 amide bonds. The normalized spacial score (nSPS) is 9.29. The molecule has 5 heteroatoms. The van der Waals surface area contributed by atoms with Crippen LogP contribution in [0.25, 0.3) is 0 Å². The number of halogens is 2. The van der Waals surface area contributed by atoms with Crippen LogP contribution in [0.3, 0.4) is 0 Å². The van der Waals surface area contributed by atoms with Crippen molar-refractivity contribution in [1.29, 1.82) is 5.26 Å². The lowest BCUT2D eigenvalue weighted by Gasteiger charge is -2.05. The van der Waals surface area contributed by atoms with Gasteiger partial charge in [-0.1, -0.05) is 0 Å². The second-order valence-electron chi connectivity index (χ2n) is 2.39. The van der Waals surface area contributed by atoms with Gasteiger partial charge in [-0.15, -0.1) is 0 Å². The van der Waals surface area contributed by atoms with Crippen LogP contribution >= 0.6 is 11.6 Å². The molecule has 0 radical (unpaired) electrons. The van der Waals surface area contributed by atoms with Gasteiger partial charge in [-0.2, -0.15) is 5.26 Å². The van der Waals surface area contributed by atoms with E-state index in [2.05, 4.69) is 4.74 Å². The molecule has 72 valence electrons. The maximum Gasteiger partial charge on any atom is 0.253 e. The number of rotatable bonds is 2. The summed E-state index contributed by atoms with van der Waals surface area (Å²) in [4.78, 5) is 10.8. The summed E-state index contributed by atoms with van der Waals surface area (Å²) in [5.41, 5.74) is -0.250. The van der Waals surface area contributed by atoms with Gasteiger partial charge in [0.1, 0.15) is 11.6 Å². The van der Waals surface area contributed by atoms with E-state index in [4.69, 9.17) is 16.9 Å². The first kappa shape index (κ1) is 10.5. The largest absolute Gasteiger partial charge is 0.492 e. The van der Waals surface area contributed by atoms with Crippen LogP contribution in [0.4, 0.5) is 4.39 Å². The standard InChI is InChI=1S/C9H5ClFNO2/c1-14-8-6(4-12)5(9(10)13)2-3-7(8)11/h2-3H,1H3. The SMILES string of the molecule is COc1c(F)ccc(C(=O)Cl)c1C#N. The van der Waals surface area contributed by atoms with Gasteiger partial charge in [0.15, 0.2) is 11.6 Å². The van der Waals surface area contributed by atoms with Gasteiger partial charge in [0.25, 0.3) is 5.24 Å². The first-order valence-electron chi connectivity index (χ1n) is 3.58. The van der Waals surface area contributed by atoms with Crippen LogP contribution in [0.2, 0.25) is 0 Å². The molecule has 1 aromatic carbocycles. The molecule has 0 saturated heterocycles. The summed E-state index contributed by atoms with van der Waals surface area (Å²) in [7, 11) is 1.21. The molecule has 0 unspecified atom stereocenters. The zero-order valence-corrected chi connectivity index (χ0v) is 7.93. The monoisotopic (exact) mass is 213 g/mol. The number of nitrogens with zero attached hydrogens (tertiary/aromatic N) is 1. The first-order valence-corrected chi connectivity index (χ1v) is 3.96. The Kier molecular flexibility index (Phi) is 3.05. The van der Waals surface area contributed by atoms with Gasteiger partial charge < -0.3 is 4.74 Å². The Labute approximate surface area is 84.7 Å². The number of carbonyl (C=O) groups is 1. The lowest BCUT2D eigenvalue weighted by Crippen LogP contribution is -2.00. The number of benzene rings is 1. The summed E-state index contributed by atoms with van der Waals surface area (Å²) in [5, 5.41) is 7.88. The van der Waals surface area contributed by atoms with Gasteiger partial charge in [-0.25, -0.2) is 4.39 Å². The highest BCUT2D eigenvalue weighted by Crippen LogP contribution is 2.26. The Hall–Kier alpha value is -1.60. The minimum atomic E-state index is -0.820. The molecule has 0 fully saturated rings. The molecule has 0 atom stereocenters. The highest BCUT2D eigenvalue weighted by Gasteiger charge is 2.17. The molecule has 14 heavy (non-hydrogen) atoms. The van der Waals surface area contributed by atoms with E-state index in [-0.39, 0.29) is 16.9 Å². The zero-order valence-electron chi connectivity index (χ0n) is 7.17. The fraction of sp³-hybridized carbons (Fsp3) is 0.111. The molecular weight excluding hydrogens is 209 g/mol. The van der Waals surface area contributed by atoms with Gasteiger partial charge in [-0.05, 0) is 23.7 Å². The molecule has 0 aliphatic rings. The number of carbonyl (C=O) groups excluding carboxylic acids is 1. The lowest BCUT2D eigenvalue weighted by molar-refractivity contribution is 0.108. The molecule has 0 N–H and O–H groups in total. The van der Waals surface area contributed by atoms with Crippen LogP contribution < -0.4 is 4.74 Å². The smallest absolute Gasteiger partial charge is 0.253 e. The zero-order chi connectivity index (χ0) is 10.7. The molecule has 1 aromatic rings. The van der Waals surface area contributed by atoms with Crippen LogP contribution in [0.15, 0.2) is 12.1 Å². The summed E-state index contributed by atoms with van der Waals surface area (Å²) in [6.07, 6.45) is 0. The summed E-state index contributed by atoms with van der Waals surface area (Å²) >= 11 is 5.20. The van der Waals surface area contributed by atoms with Crippen molar-refractivity contribution in [3.63, 3.8) is 0 Å². The summed E-state index contributed by atoms with van der Waals surface area (Å²) < 4.78 is 17.7. The van der Waals surface area contributed by atoms with Gasteiger partial charge in [-0.3, -0.25) is 4.79 Å². The quantitative estimate of drug-likeness (QED) is 0.707. The average molecular weight is 214 g/mol. The number of hydrogen-bond donors (Lipinski definition) is 0. The predicted octanol–water partition coefficient (Wildman–Crippen LogP) is 2.08. The molecule has 1 rings (SSSR count). The maximum absolute atomic E-state index is 13.1. The molecule has 0 aliphatic carbocycles. The van der Waals surface area contributed by atoms with Crippen molar-refractivity contribution in [2.45, 2.75) is 0 Å². The van der Waals surface area contributed by atoms with Crippen LogP contribution in [-0.4, -0.2) is 12.4 Å². The van der Waals surface area contributed by atoms with Crippen LogP contribution in [-0.2, 0) is 0 Å². The highest BCUT2D eigenvalue weighted by molar-refractivity contribution is 6.68. The third kappa shape index (κ3) is 1.68. The Bertz CT molecular complexity index is 426. The van der Waals surface area contributed by atoms with Crippen molar-refractivity contribution >= 4 is 16.8 Å². The van der Waals surface area contributed by atoms with Crippen molar-refractivity contribution in [3.05, 3.63) is 29.1 Å². The molecule has 0 aromatic heterocycles. The van der Waals surface area contributed by atoms with Crippen LogP contribution in [0, 0.1) is 17.1 Å². The average Bonchev–Trinajstić information content (AvgIpc) is 2.16. The minimum absolute atomic E-state index is 0.0626. The maximum atomic E-state index is 13.1. The van der Waals surface area contributed by atoms with Gasteiger partial charge in [0.2, 0.25) is 0 Å². The molecule has 0 bridgehead atoms. The van der Waals surface area contributed by atoms with Crippen molar-refractivity contribution in [2.24, 2.45) is 0 Å². The first-order chi connectivity index (χ1) is 6.61. The van der Waals surface area contributed by atoms with Crippen molar-refractivity contribution < 1.29 is 13.9 Å². The lowest BCUT2D eigenvalue weighted by atomic mass is 10.1. The minimum Gasteiger partial charge on any atom is -0.492 e. The summed E-state index contributed by atoms with van der Waals surface area (Å²) in [6.45, 7) is 0. The molecule has 3 nitrogen and oxygen atoms in total. The second-order valence-corrected chi connectivity index (χ2v) is 2.73. The number of methoxy groups -OCH3 is 1. The summed E-state index contributed by atoms with van der Waals surface area (Å²) in [5.74, 6) is -0.968. The fourth-order valence-corrected chi connectivity index (χ4v) is 1.19. The Balaban J connectivity index is 3.50. The number of nitriles is 1. The number of ether oxygens (including phenoxy) is 1. The fourth-order valence-electron chi connectivity index (χ4n) is 1.03. The van der Waals surface area contributed by atoms with Gasteiger partial charge in [0.05, 0.1) is 12.7 Å². The molecule has 0 aliphatic heterocycles. The van der Waals surface area contributed by atoms with E-state index < -0.39 is 11.1 Å². The molecular formula is C9H5ClFNO2.